The zero-order valence-electron chi connectivity index (χ0n) is 7.03. The molecular weight excluding hydrogens is 198 g/mol. The Balaban J connectivity index is 2.94. The Morgan fingerprint density at radius 3 is 2.85 bits per heavy atom. The number of benzene rings is 1. The fraction of sp³-hybridized carbons (Fsp3) is 0.100. The maximum Gasteiger partial charge on any atom is 0.119 e. The molecule has 0 amide bonds. The molecular formula is C10H7NS2. The summed E-state index contributed by atoms with van der Waals surface area (Å²) >= 11 is 5.84. The first-order valence-corrected chi connectivity index (χ1v) is 5.11. The fourth-order valence-electron chi connectivity index (χ4n) is 1.32. The molecule has 13 heavy (non-hydrogen) atoms. The van der Waals surface area contributed by atoms with Crippen LogP contribution in [0.3, 0.4) is 0 Å². The van der Waals surface area contributed by atoms with Gasteiger partial charge in [-0.2, -0.15) is 5.26 Å². The lowest BCUT2D eigenvalue weighted by Gasteiger charge is -1.93. The Hall–Kier alpha value is -0.980. The van der Waals surface area contributed by atoms with Crippen molar-refractivity contribution >= 4 is 34.1 Å². The van der Waals surface area contributed by atoms with Crippen LogP contribution < -0.4 is 0 Å². The summed E-state index contributed by atoms with van der Waals surface area (Å²) in [6.07, 6.45) is 0. The second-order valence-electron chi connectivity index (χ2n) is 2.84. The lowest BCUT2D eigenvalue weighted by atomic mass is 10.2. The van der Waals surface area contributed by atoms with Gasteiger partial charge in [-0.25, -0.2) is 0 Å². The zero-order valence-corrected chi connectivity index (χ0v) is 8.75. The smallest absolute Gasteiger partial charge is 0.119 e. The summed E-state index contributed by atoms with van der Waals surface area (Å²) in [5, 5.41) is 9.91. The Morgan fingerprint density at radius 2 is 2.23 bits per heavy atom. The third kappa shape index (κ3) is 1.23. The lowest BCUT2D eigenvalue weighted by Crippen LogP contribution is -1.70. The second kappa shape index (κ2) is 3.06. The second-order valence-corrected chi connectivity index (χ2v) is 4.31. The van der Waals surface area contributed by atoms with Crippen molar-refractivity contribution in [3.63, 3.8) is 0 Å². The standard InChI is InChI=1S/C10H7NS2/c1-6-3-2-4-7-9(12)8(5-11)13-10(6)7/h2-4,12H,1H3. The molecule has 0 atom stereocenters. The normalized spacial score (nSPS) is 10.2. The molecule has 0 saturated carbocycles. The van der Waals surface area contributed by atoms with E-state index in [9.17, 15) is 0 Å². The van der Waals surface area contributed by atoms with Crippen molar-refractivity contribution in [2.45, 2.75) is 11.8 Å². The molecule has 3 heteroatoms. The maximum absolute atomic E-state index is 8.82. The van der Waals surface area contributed by atoms with Crippen molar-refractivity contribution < 1.29 is 0 Å². The van der Waals surface area contributed by atoms with Crippen LogP contribution in [0.15, 0.2) is 23.1 Å². The number of nitriles is 1. The van der Waals surface area contributed by atoms with E-state index in [1.165, 1.54) is 21.6 Å². The number of hydrogen-bond donors (Lipinski definition) is 1. The number of hydrogen-bond acceptors (Lipinski definition) is 3. The highest BCUT2D eigenvalue weighted by Crippen LogP contribution is 2.35. The minimum atomic E-state index is 0.702. The van der Waals surface area contributed by atoms with Crippen LogP contribution in [0.2, 0.25) is 0 Å². The van der Waals surface area contributed by atoms with E-state index in [4.69, 9.17) is 5.26 Å². The first-order chi connectivity index (χ1) is 6.24. The van der Waals surface area contributed by atoms with E-state index in [0.29, 0.717) is 4.88 Å². The molecule has 2 aromatic rings. The Kier molecular flexibility index (Phi) is 2.03. The van der Waals surface area contributed by atoms with Gasteiger partial charge in [0.05, 0.1) is 0 Å². The lowest BCUT2D eigenvalue weighted by molar-refractivity contribution is 1.48. The fourth-order valence-corrected chi connectivity index (χ4v) is 2.74. The van der Waals surface area contributed by atoms with Gasteiger partial charge in [0.1, 0.15) is 10.9 Å². The molecule has 64 valence electrons. The molecule has 1 aromatic heterocycles. The molecule has 0 aliphatic carbocycles. The summed E-state index contributed by atoms with van der Waals surface area (Å²) in [4.78, 5) is 1.51. The third-order valence-electron chi connectivity index (χ3n) is 1.99. The number of aryl methyl sites for hydroxylation is 1. The summed E-state index contributed by atoms with van der Waals surface area (Å²) < 4.78 is 1.17. The molecule has 0 bridgehead atoms. The van der Waals surface area contributed by atoms with E-state index in [2.05, 4.69) is 18.7 Å². The maximum atomic E-state index is 8.82. The highest BCUT2D eigenvalue weighted by Gasteiger charge is 2.09. The van der Waals surface area contributed by atoms with Gasteiger partial charge in [-0.15, -0.1) is 24.0 Å². The molecule has 0 spiro atoms. The molecule has 0 radical (unpaired) electrons. The molecule has 0 fully saturated rings. The quantitative estimate of drug-likeness (QED) is 0.655. The molecule has 0 unspecified atom stereocenters. The molecule has 0 saturated heterocycles. The van der Waals surface area contributed by atoms with Crippen LogP contribution in [0.25, 0.3) is 10.1 Å². The van der Waals surface area contributed by atoms with Crippen molar-refractivity contribution in [3.05, 3.63) is 28.6 Å². The summed E-state index contributed by atoms with van der Waals surface area (Å²) in [6.45, 7) is 2.05. The molecule has 2 rings (SSSR count). The summed E-state index contributed by atoms with van der Waals surface area (Å²) in [5.41, 5.74) is 1.21. The summed E-state index contributed by atoms with van der Waals surface area (Å²) in [6, 6.07) is 8.20. The zero-order chi connectivity index (χ0) is 9.42. The van der Waals surface area contributed by atoms with Gasteiger partial charge in [-0.05, 0) is 12.5 Å². The average Bonchev–Trinajstić information content (AvgIpc) is 2.45. The van der Waals surface area contributed by atoms with Crippen LogP contribution in [0, 0.1) is 18.3 Å². The van der Waals surface area contributed by atoms with E-state index in [0.717, 1.165) is 10.3 Å². The van der Waals surface area contributed by atoms with Gasteiger partial charge >= 0.3 is 0 Å². The Labute approximate surface area is 86.0 Å². The van der Waals surface area contributed by atoms with Gasteiger partial charge in [-0.1, -0.05) is 18.2 Å². The predicted octanol–water partition coefficient (Wildman–Crippen LogP) is 3.37. The molecule has 1 aromatic carbocycles. The highest BCUT2D eigenvalue weighted by atomic mass is 32.1. The minimum Gasteiger partial charge on any atom is -0.191 e. The summed E-state index contributed by atoms with van der Waals surface area (Å²) in [5.74, 6) is 0. The third-order valence-corrected chi connectivity index (χ3v) is 3.85. The van der Waals surface area contributed by atoms with Crippen molar-refractivity contribution in [1.82, 2.24) is 0 Å². The van der Waals surface area contributed by atoms with Gasteiger partial charge in [0.2, 0.25) is 0 Å². The first kappa shape index (κ1) is 8.61. The van der Waals surface area contributed by atoms with E-state index in [1.807, 2.05) is 25.1 Å². The van der Waals surface area contributed by atoms with Crippen LogP contribution >= 0.6 is 24.0 Å². The van der Waals surface area contributed by atoms with Gasteiger partial charge in [0, 0.05) is 15.0 Å². The van der Waals surface area contributed by atoms with E-state index in [-0.39, 0.29) is 0 Å². The van der Waals surface area contributed by atoms with Gasteiger partial charge in [0.25, 0.3) is 0 Å². The number of fused-ring (bicyclic) bond motifs is 1. The number of nitrogens with zero attached hydrogens (tertiary/aromatic N) is 1. The molecule has 1 heterocycles. The van der Waals surface area contributed by atoms with Crippen molar-refractivity contribution in [2.75, 3.05) is 0 Å². The van der Waals surface area contributed by atoms with E-state index < -0.39 is 0 Å². The van der Waals surface area contributed by atoms with Gasteiger partial charge in [0.15, 0.2) is 0 Å². The van der Waals surface area contributed by atoms with Crippen LogP contribution in [-0.2, 0) is 0 Å². The van der Waals surface area contributed by atoms with Crippen molar-refractivity contribution in [2.24, 2.45) is 0 Å². The largest absolute Gasteiger partial charge is 0.191 e. The highest BCUT2D eigenvalue weighted by molar-refractivity contribution is 7.80. The number of thiol groups is 1. The number of thiophene rings is 1. The van der Waals surface area contributed by atoms with Gasteiger partial charge in [-0.3, -0.25) is 0 Å². The SMILES string of the molecule is Cc1cccc2c(S)c(C#N)sc12. The first-order valence-electron chi connectivity index (χ1n) is 3.85. The predicted molar refractivity (Wildman–Crippen MR) is 58.5 cm³/mol. The monoisotopic (exact) mass is 205 g/mol. The Bertz CT molecular complexity index is 505. The van der Waals surface area contributed by atoms with Gasteiger partial charge < -0.3 is 0 Å². The van der Waals surface area contributed by atoms with Crippen LogP contribution in [0.5, 0.6) is 0 Å². The summed E-state index contributed by atoms with van der Waals surface area (Å²) in [7, 11) is 0. The molecule has 0 aliphatic heterocycles. The molecule has 0 N–H and O–H groups in total. The molecule has 1 nitrogen and oxygen atoms in total. The van der Waals surface area contributed by atoms with Crippen molar-refractivity contribution in [1.29, 1.82) is 5.26 Å². The van der Waals surface area contributed by atoms with Crippen LogP contribution in [0.4, 0.5) is 0 Å². The number of rotatable bonds is 0. The van der Waals surface area contributed by atoms with E-state index >= 15 is 0 Å². The van der Waals surface area contributed by atoms with E-state index in [1.54, 1.807) is 0 Å². The topological polar surface area (TPSA) is 23.8 Å². The van der Waals surface area contributed by atoms with Crippen LogP contribution in [-0.4, -0.2) is 0 Å². The average molecular weight is 205 g/mol. The van der Waals surface area contributed by atoms with Crippen molar-refractivity contribution in [3.8, 4) is 6.07 Å². The molecule has 0 aliphatic rings. The Morgan fingerprint density at radius 1 is 1.46 bits per heavy atom. The van der Waals surface area contributed by atoms with Crippen LogP contribution in [0.1, 0.15) is 10.4 Å². The minimum absolute atomic E-state index is 0.702.